The number of amides is 2. The molecule has 34 heavy (non-hydrogen) atoms. The van der Waals surface area contributed by atoms with Gasteiger partial charge in [-0.3, -0.25) is 19.1 Å². The Kier molecular flexibility index (Phi) is 5.85. The van der Waals surface area contributed by atoms with E-state index in [1.807, 2.05) is 4.90 Å². The van der Waals surface area contributed by atoms with E-state index >= 15 is 0 Å². The van der Waals surface area contributed by atoms with Crippen molar-refractivity contribution in [3.63, 3.8) is 0 Å². The molecule has 0 atom stereocenters. The summed E-state index contributed by atoms with van der Waals surface area (Å²) in [6, 6.07) is 8.51. The van der Waals surface area contributed by atoms with Gasteiger partial charge >= 0.3 is 0 Å². The minimum absolute atomic E-state index is 0.0344. The number of carbonyl (C=O) groups is 2. The number of nitrogens with zero attached hydrogens (tertiary/aromatic N) is 4. The van der Waals surface area contributed by atoms with E-state index in [1.165, 1.54) is 46.0 Å². The summed E-state index contributed by atoms with van der Waals surface area (Å²) in [6.07, 6.45) is 5.31. The van der Waals surface area contributed by atoms with Crippen LogP contribution in [0.25, 0.3) is 10.9 Å². The Balaban J connectivity index is 1.38. The summed E-state index contributed by atoms with van der Waals surface area (Å²) in [5.74, 6) is -1.95. The van der Waals surface area contributed by atoms with Gasteiger partial charge in [-0.15, -0.1) is 0 Å². The molecule has 2 aromatic carbocycles. The zero-order chi connectivity index (χ0) is 23.8. The van der Waals surface area contributed by atoms with Gasteiger partial charge in [0, 0.05) is 19.1 Å². The number of halogens is 2. The fourth-order valence-electron chi connectivity index (χ4n) is 4.99. The molecular weight excluding hydrogens is 442 g/mol. The molecule has 2 amide bonds. The number of aromatic nitrogens is 2. The second kappa shape index (κ2) is 8.96. The molecule has 2 heterocycles. The maximum Gasteiger partial charge on any atom is 0.257 e. The van der Waals surface area contributed by atoms with Gasteiger partial charge in [-0.1, -0.05) is 25.0 Å². The number of fused-ring (bicyclic) bond motifs is 1. The lowest BCUT2D eigenvalue weighted by molar-refractivity contribution is -0.137. The topological polar surface area (TPSA) is 75.5 Å². The van der Waals surface area contributed by atoms with Crippen LogP contribution in [0.3, 0.4) is 0 Å². The number of rotatable bonds is 4. The molecule has 5 rings (SSSR count). The Hall–Kier alpha value is -3.62. The normalized spacial score (nSPS) is 17.1. The van der Waals surface area contributed by atoms with Crippen LogP contribution in [0.5, 0.6) is 0 Å². The number of hydrogen-bond donors (Lipinski definition) is 0. The second-order valence-corrected chi connectivity index (χ2v) is 8.87. The molecule has 0 N–H and O–H groups in total. The number of piperazine rings is 1. The molecule has 1 aliphatic heterocycles. The fourth-order valence-corrected chi connectivity index (χ4v) is 4.99. The summed E-state index contributed by atoms with van der Waals surface area (Å²) < 4.78 is 30.4. The van der Waals surface area contributed by atoms with Crippen LogP contribution in [-0.4, -0.2) is 57.1 Å². The fraction of sp³-hybridized carbons (Fsp3) is 0.360. The van der Waals surface area contributed by atoms with Crippen molar-refractivity contribution < 1.29 is 18.4 Å². The molecule has 2 aliphatic rings. The van der Waals surface area contributed by atoms with E-state index in [2.05, 4.69) is 5.10 Å². The second-order valence-electron chi connectivity index (χ2n) is 8.87. The SMILES string of the molecule is O=C(c1cc(Cn2ncc(=O)c3cccc(F)c32)ccc1F)N1CCN(C2CCCC2)C(=O)C1. The van der Waals surface area contributed by atoms with Crippen molar-refractivity contribution in [2.24, 2.45) is 0 Å². The standard InChI is InChI=1S/C25H24F2N4O3/c26-20-9-8-16(14-31-24-18(22(32)13-28-31)6-3-7-21(24)27)12-19(20)25(34)29-10-11-30(23(33)15-29)17-4-1-2-5-17/h3,6-9,12-13,17H,1-2,4-5,10-11,14-15H2. The molecule has 1 aromatic heterocycles. The molecule has 9 heteroatoms. The van der Waals surface area contributed by atoms with E-state index in [0.29, 0.717) is 18.7 Å². The number of hydrogen-bond acceptors (Lipinski definition) is 4. The van der Waals surface area contributed by atoms with Crippen molar-refractivity contribution in [3.05, 3.63) is 75.6 Å². The Morgan fingerprint density at radius 1 is 1.03 bits per heavy atom. The molecule has 0 bridgehead atoms. The highest BCUT2D eigenvalue weighted by molar-refractivity contribution is 5.97. The van der Waals surface area contributed by atoms with Gasteiger partial charge < -0.3 is 9.80 Å². The molecule has 2 fully saturated rings. The maximum atomic E-state index is 14.6. The van der Waals surface area contributed by atoms with Gasteiger partial charge in [0.1, 0.15) is 23.7 Å². The van der Waals surface area contributed by atoms with Crippen LogP contribution in [-0.2, 0) is 11.3 Å². The zero-order valence-corrected chi connectivity index (χ0v) is 18.5. The van der Waals surface area contributed by atoms with E-state index in [1.54, 1.807) is 0 Å². The van der Waals surface area contributed by atoms with Crippen LogP contribution < -0.4 is 5.43 Å². The molecule has 7 nitrogen and oxygen atoms in total. The van der Waals surface area contributed by atoms with Crippen LogP contribution in [0.4, 0.5) is 8.78 Å². The Bertz CT molecular complexity index is 1330. The van der Waals surface area contributed by atoms with Crippen LogP contribution in [0.15, 0.2) is 47.4 Å². The summed E-state index contributed by atoms with van der Waals surface area (Å²) in [6.45, 7) is 0.758. The summed E-state index contributed by atoms with van der Waals surface area (Å²) in [5, 5.41) is 4.22. The number of para-hydroxylation sites is 1. The maximum absolute atomic E-state index is 14.6. The predicted molar refractivity (Wildman–Crippen MR) is 121 cm³/mol. The minimum atomic E-state index is -0.691. The monoisotopic (exact) mass is 466 g/mol. The van der Waals surface area contributed by atoms with Gasteiger partial charge in [-0.2, -0.15) is 5.10 Å². The summed E-state index contributed by atoms with van der Waals surface area (Å²) in [7, 11) is 0. The lowest BCUT2D eigenvalue weighted by atomic mass is 10.1. The molecule has 1 saturated heterocycles. The first-order valence-electron chi connectivity index (χ1n) is 11.4. The van der Waals surface area contributed by atoms with Crippen LogP contribution in [0.1, 0.15) is 41.6 Å². The van der Waals surface area contributed by atoms with Gasteiger partial charge in [-0.25, -0.2) is 8.78 Å². The van der Waals surface area contributed by atoms with Gasteiger partial charge in [0.15, 0.2) is 0 Å². The summed E-state index contributed by atoms with van der Waals surface area (Å²) in [4.78, 5) is 41.1. The van der Waals surface area contributed by atoms with Gasteiger partial charge in [-0.05, 0) is 42.7 Å². The van der Waals surface area contributed by atoms with Crippen molar-refractivity contribution in [2.75, 3.05) is 19.6 Å². The van der Waals surface area contributed by atoms with Crippen molar-refractivity contribution in [1.82, 2.24) is 19.6 Å². The Morgan fingerprint density at radius 3 is 2.59 bits per heavy atom. The Labute approximate surface area is 194 Å². The van der Waals surface area contributed by atoms with E-state index < -0.39 is 23.0 Å². The minimum Gasteiger partial charge on any atom is -0.336 e. The summed E-state index contributed by atoms with van der Waals surface area (Å²) in [5.41, 5.74) is 0.00905. The highest BCUT2D eigenvalue weighted by Crippen LogP contribution is 2.25. The highest BCUT2D eigenvalue weighted by Gasteiger charge is 2.33. The predicted octanol–water partition coefficient (Wildman–Crippen LogP) is 2.95. The van der Waals surface area contributed by atoms with Crippen molar-refractivity contribution in [2.45, 2.75) is 38.3 Å². The lowest BCUT2D eigenvalue weighted by Gasteiger charge is -2.37. The molecule has 0 unspecified atom stereocenters. The van der Waals surface area contributed by atoms with E-state index in [9.17, 15) is 23.2 Å². The first kappa shape index (κ1) is 22.2. The third-order valence-corrected chi connectivity index (χ3v) is 6.73. The number of benzene rings is 2. The van der Waals surface area contributed by atoms with E-state index in [0.717, 1.165) is 31.9 Å². The van der Waals surface area contributed by atoms with Crippen LogP contribution >= 0.6 is 0 Å². The molecular formula is C25H24F2N4O3. The van der Waals surface area contributed by atoms with E-state index in [-0.39, 0.29) is 41.5 Å². The molecule has 1 aliphatic carbocycles. The third-order valence-electron chi connectivity index (χ3n) is 6.73. The highest BCUT2D eigenvalue weighted by atomic mass is 19.1. The molecule has 3 aromatic rings. The number of carbonyl (C=O) groups excluding carboxylic acids is 2. The van der Waals surface area contributed by atoms with Gasteiger partial charge in [0.2, 0.25) is 11.3 Å². The van der Waals surface area contributed by atoms with E-state index in [4.69, 9.17) is 0 Å². The lowest BCUT2D eigenvalue weighted by Crippen LogP contribution is -2.55. The smallest absolute Gasteiger partial charge is 0.257 e. The first-order chi connectivity index (χ1) is 16.4. The van der Waals surface area contributed by atoms with Gasteiger partial charge in [0.25, 0.3) is 5.91 Å². The molecule has 176 valence electrons. The van der Waals surface area contributed by atoms with Crippen molar-refractivity contribution in [1.29, 1.82) is 0 Å². The quantitative estimate of drug-likeness (QED) is 0.593. The average Bonchev–Trinajstić information content (AvgIpc) is 3.36. The summed E-state index contributed by atoms with van der Waals surface area (Å²) >= 11 is 0. The average molecular weight is 466 g/mol. The molecule has 0 radical (unpaired) electrons. The third kappa shape index (κ3) is 4.06. The van der Waals surface area contributed by atoms with Gasteiger partial charge in [0.05, 0.1) is 23.7 Å². The zero-order valence-electron chi connectivity index (χ0n) is 18.5. The largest absolute Gasteiger partial charge is 0.336 e. The van der Waals surface area contributed by atoms with Crippen molar-refractivity contribution >= 4 is 22.7 Å². The van der Waals surface area contributed by atoms with Crippen LogP contribution in [0, 0.1) is 11.6 Å². The van der Waals surface area contributed by atoms with Crippen molar-refractivity contribution in [3.8, 4) is 0 Å². The van der Waals surface area contributed by atoms with Crippen LogP contribution in [0.2, 0.25) is 0 Å². The molecule has 0 spiro atoms. The molecule has 1 saturated carbocycles. The first-order valence-corrected chi connectivity index (χ1v) is 11.4. The Morgan fingerprint density at radius 2 is 1.82 bits per heavy atom.